The van der Waals surface area contributed by atoms with E-state index in [1.165, 1.54) is 11.1 Å². The number of carbonyl (C=O) groups is 3. The van der Waals surface area contributed by atoms with Gasteiger partial charge in [0.15, 0.2) is 0 Å². The Morgan fingerprint density at radius 3 is 2.68 bits per heavy atom. The number of fused-ring (bicyclic) bond motifs is 2. The van der Waals surface area contributed by atoms with Crippen molar-refractivity contribution in [2.45, 2.75) is 37.1 Å². The summed E-state index contributed by atoms with van der Waals surface area (Å²) in [5.74, 6) is -0.290. The van der Waals surface area contributed by atoms with E-state index in [-0.39, 0.29) is 23.7 Å². The summed E-state index contributed by atoms with van der Waals surface area (Å²) in [4.78, 5) is 37.0. The average Bonchev–Trinajstić information content (AvgIpc) is 3.14. The third-order valence-electron chi connectivity index (χ3n) is 5.59. The van der Waals surface area contributed by atoms with Crippen molar-refractivity contribution in [1.29, 1.82) is 0 Å². The molecule has 4 amide bonds. The van der Waals surface area contributed by atoms with Gasteiger partial charge in [0.25, 0.3) is 5.91 Å². The molecule has 4 rings (SSSR count). The first-order valence-corrected chi connectivity index (χ1v) is 8.75. The minimum Gasteiger partial charge on any atom is -0.343 e. The Labute approximate surface area is 146 Å². The molecule has 130 valence electrons. The molecule has 2 fully saturated rings. The monoisotopic (exact) mass is 339 g/mol. The van der Waals surface area contributed by atoms with Crippen molar-refractivity contribution in [3.63, 3.8) is 0 Å². The lowest BCUT2D eigenvalue weighted by atomic mass is 9.74. The summed E-state index contributed by atoms with van der Waals surface area (Å²) < 4.78 is 0. The van der Waals surface area contributed by atoms with Gasteiger partial charge in [0.1, 0.15) is 6.04 Å². The summed E-state index contributed by atoms with van der Waals surface area (Å²) in [6.07, 6.45) is 6.95. The molecule has 6 nitrogen and oxygen atoms in total. The molecule has 1 aliphatic carbocycles. The summed E-state index contributed by atoms with van der Waals surface area (Å²) >= 11 is 0. The minimum absolute atomic E-state index is 0.0547. The quantitative estimate of drug-likeness (QED) is 0.821. The number of likely N-dealkylation sites (tertiary alicyclic amines) is 1. The zero-order chi connectivity index (χ0) is 17.4. The molecule has 2 aliphatic heterocycles. The summed E-state index contributed by atoms with van der Waals surface area (Å²) in [6, 6.07) is 7.39. The third kappa shape index (κ3) is 2.81. The van der Waals surface area contributed by atoms with Crippen molar-refractivity contribution in [2.24, 2.45) is 0 Å². The Hall–Kier alpha value is -2.63. The number of nitrogens with zero attached hydrogens (tertiary/aromatic N) is 1. The van der Waals surface area contributed by atoms with Crippen molar-refractivity contribution in [3.05, 3.63) is 41.5 Å². The number of nitrogens with one attached hydrogen (secondary N) is 2. The van der Waals surface area contributed by atoms with Crippen LogP contribution in [0, 0.1) is 0 Å². The van der Waals surface area contributed by atoms with Crippen LogP contribution >= 0.6 is 0 Å². The summed E-state index contributed by atoms with van der Waals surface area (Å²) in [7, 11) is 0. The first kappa shape index (κ1) is 15.9. The van der Waals surface area contributed by atoms with Gasteiger partial charge in [0, 0.05) is 24.9 Å². The van der Waals surface area contributed by atoms with E-state index in [0.29, 0.717) is 6.42 Å². The molecular formula is C19H21N3O3. The largest absolute Gasteiger partial charge is 0.343 e. The van der Waals surface area contributed by atoms with Gasteiger partial charge in [-0.25, -0.2) is 4.79 Å². The maximum atomic E-state index is 12.5. The zero-order valence-electron chi connectivity index (χ0n) is 14.0. The zero-order valence-corrected chi connectivity index (χ0v) is 14.0. The van der Waals surface area contributed by atoms with Crippen molar-refractivity contribution in [2.75, 3.05) is 13.1 Å². The van der Waals surface area contributed by atoms with Crippen molar-refractivity contribution in [3.8, 4) is 0 Å². The Morgan fingerprint density at radius 1 is 1.20 bits per heavy atom. The Morgan fingerprint density at radius 2 is 1.96 bits per heavy atom. The highest BCUT2D eigenvalue weighted by Gasteiger charge is 2.39. The van der Waals surface area contributed by atoms with Gasteiger partial charge >= 0.3 is 6.03 Å². The molecule has 25 heavy (non-hydrogen) atoms. The van der Waals surface area contributed by atoms with E-state index in [1.54, 1.807) is 0 Å². The number of rotatable bonds is 3. The molecule has 6 heteroatoms. The maximum Gasteiger partial charge on any atom is 0.322 e. The number of urea groups is 1. The maximum absolute atomic E-state index is 12.5. The van der Waals surface area contributed by atoms with Gasteiger partial charge in [-0.15, -0.1) is 0 Å². The number of piperidine rings is 1. The molecule has 0 bridgehead atoms. The van der Waals surface area contributed by atoms with E-state index in [9.17, 15) is 14.4 Å². The summed E-state index contributed by atoms with van der Waals surface area (Å²) in [6.45, 7) is 1.45. The first-order chi connectivity index (χ1) is 12.1. The van der Waals surface area contributed by atoms with Crippen LogP contribution in [-0.2, 0) is 15.0 Å². The molecule has 0 aromatic heterocycles. The number of hydrogen-bond donors (Lipinski definition) is 2. The van der Waals surface area contributed by atoms with Gasteiger partial charge < -0.3 is 10.2 Å². The molecular weight excluding hydrogens is 318 g/mol. The fourth-order valence-corrected chi connectivity index (χ4v) is 4.11. The highest BCUT2D eigenvalue weighted by Crippen LogP contribution is 2.43. The van der Waals surface area contributed by atoms with Gasteiger partial charge in [-0.05, 0) is 30.4 Å². The van der Waals surface area contributed by atoms with Crippen molar-refractivity contribution >= 4 is 23.9 Å². The van der Waals surface area contributed by atoms with E-state index in [1.807, 2.05) is 4.90 Å². The van der Waals surface area contributed by atoms with E-state index in [2.05, 4.69) is 47.1 Å². The number of hydrogen-bond acceptors (Lipinski definition) is 3. The molecule has 1 spiro atoms. The first-order valence-electron chi connectivity index (χ1n) is 8.75. The second-order valence-corrected chi connectivity index (χ2v) is 7.01. The SMILES string of the molecule is O=C1NC(=O)[C@@H](CCC(=O)N2CCC3(C=Cc4ccccc43)CC2)N1. The highest BCUT2D eigenvalue weighted by atomic mass is 16.2. The van der Waals surface area contributed by atoms with Gasteiger partial charge in [0.05, 0.1) is 0 Å². The number of imide groups is 1. The van der Waals surface area contributed by atoms with Crippen LogP contribution in [0.15, 0.2) is 30.3 Å². The number of carbonyl (C=O) groups excluding carboxylic acids is 3. The van der Waals surface area contributed by atoms with Crippen LogP contribution in [0.5, 0.6) is 0 Å². The predicted octanol–water partition coefficient (Wildman–Crippen LogP) is 1.56. The molecule has 3 aliphatic rings. The lowest BCUT2D eigenvalue weighted by molar-refractivity contribution is -0.132. The lowest BCUT2D eigenvalue weighted by Gasteiger charge is -2.39. The van der Waals surface area contributed by atoms with Crippen LogP contribution in [0.1, 0.15) is 36.8 Å². The topological polar surface area (TPSA) is 78.5 Å². The van der Waals surface area contributed by atoms with Crippen LogP contribution < -0.4 is 10.6 Å². The van der Waals surface area contributed by atoms with Gasteiger partial charge in [-0.3, -0.25) is 14.9 Å². The van der Waals surface area contributed by atoms with Crippen LogP contribution in [0.2, 0.25) is 0 Å². The highest BCUT2D eigenvalue weighted by molar-refractivity contribution is 6.04. The van der Waals surface area contributed by atoms with Crippen LogP contribution in [0.4, 0.5) is 4.79 Å². The molecule has 2 N–H and O–H groups in total. The van der Waals surface area contributed by atoms with Gasteiger partial charge in [0.2, 0.25) is 5.91 Å². The van der Waals surface area contributed by atoms with Crippen LogP contribution in [0.3, 0.4) is 0 Å². The van der Waals surface area contributed by atoms with E-state index in [0.717, 1.165) is 25.9 Å². The molecule has 1 atom stereocenters. The molecule has 2 heterocycles. The van der Waals surface area contributed by atoms with Gasteiger partial charge in [-0.1, -0.05) is 36.4 Å². The van der Waals surface area contributed by atoms with Crippen LogP contribution in [-0.4, -0.2) is 41.9 Å². The summed E-state index contributed by atoms with van der Waals surface area (Å²) in [5, 5.41) is 4.72. The Balaban J connectivity index is 1.33. The average molecular weight is 339 g/mol. The second-order valence-electron chi connectivity index (χ2n) is 7.01. The van der Waals surface area contributed by atoms with Crippen LogP contribution in [0.25, 0.3) is 6.08 Å². The fourth-order valence-electron chi connectivity index (χ4n) is 4.11. The normalized spacial score (nSPS) is 23.5. The standard InChI is InChI=1S/C19H21N3O3/c23-16(6-5-15-17(24)21-18(25)20-15)22-11-9-19(10-12-22)8-7-13-3-1-2-4-14(13)19/h1-4,7-8,15H,5-6,9-12H2,(H2,20,21,24,25)/t15-/m1/s1. The molecule has 0 unspecified atom stereocenters. The summed E-state index contributed by atoms with van der Waals surface area (Å²) in [5.41, 5.74) is 2.71. The second kappa shape index (κ2) is 6.02. The van der Waals surface area contributed by atoms with E-state index >= 15 is 0 Å². The van der Waals surface area contributed by atoms with E-state index < -0.39 is 12.1 Å². The fraction of sp³-hybridized carbons (Fsp3) is 0.421. The molecule has 0 radical (unpaired) electrons. The Kier molecular flexibility index (Phi) is 3.82. The number of allylic oxidation sites excluding steroid dienone is 1. The molecule has 0 saturated carbocycles. The number of benzene rings is 1. The predicted molar refractivity (Wildman–Crippen MR) is 92.7 cm³/mol. The van der Waals surface area contributed by atoms with Crippen molar-refractivity contribution in [1.82, 2.24) is 15.5 Å². The molecule has 1 aromatic rings. The molecule has 2 saturated heterocycles. The third-order valence-corrected chi connectivity index (χ3v) is 5.59. The van der Waals surface area contributed by atoms with Crippen molar-refractivity contribution < 1.29 is 14.4 Å². The minimum atomic E-state index is -0.586. The molecule has 1 aromatic carbocycles. The van der Waals surface area contributed by atoms with Gasteiger partial charge in [-0.2, -0.15) is 0 Å². The van der Waals surface area contributed by atoms with E-state index in [4.69, 9.17) is 0 Å². The lowest BCUT2D eigenvalue weighted by Crippen LogP contribution is -2.44. The smallest absolute Gasteiger partial charge is 0.322 e. The Bertz CT molecular complexity index is 763. The number of amides is 4.